The van der Waals surface area contributed by atoms with Crippen molar-refractivity contribution in [2.24, 2.45) is 0 Å². The van der Waals surface area contributed by atoms with Crippen LogP contribution >= 0.6 is 15.9 Å². The van der Waals surface area contributed by atoms with Crippen LogP contribution in [-0.4, -0.2) is 17.3 Å². The first-order valence-electron chi connectivity index (χ1n) is 5.30. The number of aliphatic hydroxyl groups excluding tert-OH is 1. The van der Waals surface area contributed by atoms with Crippen LogP contribution in [0, 0.1) is 5.82 Å². The van der Waals surface area contributed by atoms with Gasteiger partial charge in [0.25, 0.3) is 0 Å². The van der Waals surface area contributed by atoms with Gasteiger partial charge in [-0.3, -0.25) is 0 Å². The van der Waals surface area contributed by atoms with E-state index in [1.807, 2.05) is 6.92 Å². The van der Waals surface area contributed by atoms with E-state index in [2.05, 4.69) is 15.9 Å². The zero-order chi connectivity index (χ0) is 11.8. The van der Waals surface area contributed by atoms with Crippen molar-refractivity contribution >= 4 is 15.9 Å². The van der Waals surface area contributed by atoms with E-state index >= 15 is 0 Å². The maximum atomic E-state index is 13.1. The quantitative estimate of drug-likeness (QED) is 0.906. The molecule has 1 aliphatic heterocycles. The largest absolute Gasteiger partial charge is 0.385 e. The zero-order valence-corrected chi connectivity index (χ0v) is 10.6. The number of aliphatic hydroxyl groups is 1. The molecule has 16 heavy (non-hydrogen) atoms. The maximum absolute atomic E-state index is 13.1. The molecule has 2 unspecified atom stereocenters. The second kappa shape index (κ2) is 4.43. The third-order valence-electron chi connectivity index (χ3n) is 3.09. The Kier molecular flexibility index (Phi) is 3.33. The first kappa shape index (κ1) is 12.0. The summed E-state index contributed by atoms with van der Waals surface area (Å²) in [6.07, 6.45) is 1.06. The van der Waals surface area contributed by atoms with Gasteiger partial charge in [0.1, 0.15) is 11.9 Å². The van der Waals surface area contributed by atoms with Gasteiger partial charge in [0, 0.05) is 6.61 Å². The van der Waals surface area contributed by atoms with E-state index in [0.29, 0.717) is 16.6 Å². The minimum absolute atomic E-state index is 0.326. The fraction of sp³-hybridized carbons (Fsp3) is 0.500. The molecule has 2 rings (SSSR count). The second-order valence-electron chi connectivity index (χ2n) is 4.34. The van der Waals surface area contributed by atoms with Crippen LogP contribution in [0.3, 0.4) is 0 Å². The molecule has 88 valence electrons. The molecule has 4 heteroatoms. The Morgan fingerprint density at radius 1 is 1.56 bits per heavy atom. The average Bonchev–Trinajstić information content (AvgIpc) is 2.70. The number of benzene rings is 1. The molecule has 0 amide bonds. The molecule has 0 spiro atoms. The van der Waals surface area contributed by atoms with Crippen molar-refractivity contribution in [1.82, 2.24) is 0 Å². The third kappa shape index (κ3) is 2.14. The Balaban J connectivity index is 2.26. The molecular weight excluding hydrogens is 275 g/mol. The number of ether oxygens (including phenoxy) is 1. The van der Waals surface area contributed by atoms with Gasteiger partial charge in [0.05, 0.1) is 10.1 Å². The lowest BCUT2D eigenvalue weighted by atomic mass is 9.90. The number of hydrogen-bond donors (Lipinski definition) is 1. The summed E-state index contributed by atoms with van der Waals surface area (Å²) < 4.78 is 19.0. The zero-order valence-electron chi connectivity index (χ0n) is 9.04. The SMILES string of the molecule is CC1(C(O)c2ccc(F)c(Br)c2)CCCO1. The molecular formula is C12H14BrFO2. The molecule has 1 N–H and O–H groups in total. The Morgan fingerprint density at radius 2 is 2.31 bits per heavy atom. The van der Waals surface area contributed by atoms with Crippen LogP contribution in [0.15, 0.2) is 22.7 Å². The summed E-state index contributed by atoms with van der Waals surface area (Å²) >= 11 is 3.11. The summed E-state index contributed by atoms with van der Waals surface area (Å²) in [4.78, 5) is 0. The van der Waals surface area contributed by atoms with Gasteiger partial charge in [0.15, 0.2) is 0 Å². The number of hydrogen-bond acceptors (Lipinski definition) is 2. The van der Waals surface area contributed by atoms with E-state index in [4.69, 9.17) is 4.74 Å². The smallest absolute Gasteiger partial charge is 0.137 e. The number of halogens is 2. The highest BCUT2D eigenvalue weighted by molar-refractivity contribution is 9.10. The third-order valence-corrected chi connectivity index (χ3v) is 3.69. The van der Waals surface area contributed by atoms with Crippen molar-refractivity contribution in [2.75, 3.05) is 6.61 Å². The van der Waals surface area contributed by atoms with Gasteiger partial charge in [-0.15, -0.1) is 0 Å². The van der Waals surface area contributed by atoms with E-state index in [0.717, 1.165) is 12.8 Å². The fourth-order valence-electron chi connectivity index (χ4n) is 2.05. The van der Waals surface area contributed by atoms with Crippen molar-refractivity contribution in [3.05, 3.63) is 34.1 Å². The standard InChI is InChI=1S/C12H14BrFO2/c1-12(5-2-6-16-12)11(15)8-3-4-10(14)9(13)7-8/h3-4,7,11,15H,2,5-6H2,1H3. The lowest BCUT2D eigenvalue weighted by Gasteiger charge is -2.29. The molecule has 0 bridgehead atoms. The topological polar surface area (TPSA) is 29.5 Å². The van der Waals surface area contributed by atoms with Gasteiger partial charge in [0.2, 0.25) is 0 Å². The van der Waals surface area contributed by atoms with E-state index in [1.54, 1.807) is 12.1 Å². The molecule has 0 aromatic heterocycles. The molecule has 0 aliphatic carbocycles. The summed E-state index contributed by atoms with van der Waals surface area (Å²) in [6.45, 7) is 2.57. The Morgan fingerprint density at radius 3 is 2.88 bits per heavy atom. The Labute approximate surface area is 103 Å². The van der Waals surface area contributed by atoms with Gasteiger partial charge >= 0.3 is 0 Å². The minimum atomic E-state index is -0.716. The molecule has 1 saturated heterocycles. The van der Waals surface area contributed by atoms with Crippen molar-refractivity contribution < 1.29 is 14.2 Å². The molecule has 1 fully saturated rings. The summed E-state index contributed by atoms with van der Waals surface area (Å²) in [5.74, 6) is -0.326. The van der Waals surface area contributed by atoms with E-state index in [1.165, 1.54) is 6.07 Å². The van der Waals surface area contributed by atoms with Gasteiger partial charge in [-0.25, -0.2) is 4.39 Å². The van der Waals surface area contributed by atoms with Crippen LogP contribution in [0.25, 0.3) is 0 Å². The first-order valence-corrected chi connectivity index (χ1v) is 6.09. The van der Waals surface area contributed by atoms with Crippen LogP contribution in [0.2, 0.25) is 0 Å². The van der Waals surface area contributed by atoms with Gasteiger partial charge in [-0.1, -0.05) is 6.07 Å². The fourth-order valence-corrected chi connectivity index (χ4v) is 2.45. The predicted octanol–water partition coefficient (Wildman–Crippen LogP) is 3.19. The molecule has 1 aromatic carbocycles. The molecule has 2 nitrogen and oxygen atoms in total. The molecule has 1 aliphatic rings. The van der Waals surface area contributed by atoms with E-state index in [-0.39, 0.29) is 5.82 Å². The summed E-state index contributed by atoms with van der Waals surface area (Å²) in [5, 5.41) is 10.2. The molecule has 1 heterocycles. The van der Waals surface area contributed by atoms with E-state index < -0.39 is 11.7 Å². The van der Waals surface area contributed by atoms with Crippen LogP contribution in [-0.2, 0) is 4.74 Å². The molecule has 0 radical (unpaired) electrons. The van der Waals surface area contributed by atoms with E-state index in [9.17, 15) is 9.50 Å². The normalized spacial score (nSPS) is 27.0. The first-order chi connectivity index (χ1) is 7.53. The van der Waals surface area contributed by atoms with Crippen LogP contribution < -0.4 is 0 Å². The van der Waals surface area contributed by atoms with Gasteiger partial charge < -0.3 is 9.84 Å². The van der Waals surface area contributed by atoms with Crippen molar-refractivity contribution in [1.29, 1.82) is 0 Å². The van der Waals surface area contributed by atoms with Crippen molar-refractivity contribution in [2.45, 2.75) is 31.5 Å². The summed E-state index contributed by atoms with van der Waals surface area (Å²) in [7, 11) is 0. The predicted molar refractivity (Wildman–Crippen MR) is 62.7 cm³/mol. The lowest BCUT2D eigenvalue weighted by molar-refractivity contribution is -0.0796. The van der Waals surface area contributed by atoms with Crippen molar-refractivity contribution in [3.8, 4) is 0 Å². The number of rotatable bonds is 2. The Bertz CT molecular complexity index is 389. The van der Waals surface area contributed by atoms with Gasteiger partial charge in [-0.2, -0.15) is 0 Å². The second-order valence-corrected chi connectivity index (χ2v) is 5.20. The highest BCUT2D eigenvalue weighted by Gasteiger charge is 2.38. The highest BCUT2D eigenvalue weighted by atomic mass is 79.9. The average molecular weight is 289 g/mol. The summed E-state index contributed by atoms with van der Waals surface area (Å²) in [6, 6.07) is 4.55. The van der Waals surface area contributed by atoms with Crippen LogP contribution in [0.5, 0.6) is 0 Å². The molecule has 2 atom stereocenters. The van der Waals surface area contributed by atoms with Crippen LogP contribution in [0.1, 0.15) is 31.4 Å². The Hall–Kier alpha value is -0.450. The van der Waals surface area contributed by atoms with Gasteiger partial charge in [-0.05, 0) is 53.4 Å². The molecule has 1 aromatic rings. The minimum Gasteiger partial charge on any atom is -0.385 e. The monoisotopic (exact) mass is 288 g/mol. The maximum Gasteiger partial charge on any atom is 0.137 e. The lowest BCUT2D eigenvalue weighted by Crippen LogP contribution is -2.31. The van der Waals surface area contributed by atoms with Crippen LogP contribution in [0.4, 0.5) is 4.39 Å². The van der Waals surface area contributed by atoms with Crippen molar-refractivity contribution in [3.63, 3.8) is 0 Å². The molecule has 0 saturated carbocycles. The highest BCUT2D eigenvalue weighted by Crippen LogP contribution is 2.38. The summed E-state index contributed by atoms with van der Waals surface area (Å²) in [5.41, 5.74) is 0.134.